The molecule has 0 bridgehead atoms. The number of nitrogens with one attached hydrogen (secondary N) is 2. The first-order valence-corrected chi connectivity index (χ1v) is 13.8. The number of piperidine rings is 1. The van der Waals surface area contributed by atoms with Crippen LogP contribution in [0.5, 0.6) is 11.5 Å². The molecule has 4 aromatic rings. The maximum Gasteiger partial charge on any atom is 0.248 e. The third-order valence-electron chi connectivity index (χ3n) is 7.25. The van der Waals surface area contributed by atoms with Gasteiger partial charge in [-0.1, -0.05) is 53.4 Å². The number of ether oxygens (including phenoxy) is 1. The van der Waals surface area contributed by atoms with Crippen LogP contribution in [0.1, 0.15) is 45.9 Å². The third-order valence-corrected chi connectivity index (χ3v) is 7.73. The van der Waals surface area contributed by atoms with Crippen molar-refractivity contribution in [2.24, 2.45) is 5.73 Å². The Bertz CT molecular complexity index is 1720. The van der Waals surface area contributed by atoms with Crippen molar-refractivity contribution in [3.8, 4) is 23.8 Å². The van der Waals surface area contributed by atoms with Crippen LogP contribution in [0.25, 0.3) is 0 Å². The quantitative estimate of drug-likeness (QED) is 0.236. The van der Waals surface area contributed by atoms with E-state index in [0.29, 0.717) is 45.3 Å². The first-order valence-electron chi connectivity index (χ1n) is 13.0. The SMILES string of the molecule is C#Cc1ccc(Oc2ccc(C(N)=O)cc2)c([C@H]2NC(=O)CCC23C(=O)Nc2cc(Cl)ccc23)c1.Clc1ccccc1. The Morgan fingerprint density at radius 2 is 1.69 bits per heavy atom. The summed E-state index contributed by atoms with van der Waals surface area (Å²) in [5, 5.41) is 7.23. The van der Waals surface area contributed by atoms with Crippen molar-refractivity contribution in [1.82, 2.24) is 5.32 Å². The van der Waals surface area contributed by atoms with Crippen LogP contribution in [0.4, 0.5) is 5.69 Å². The minimum atomic E-state index is -1.07. The summed E-state index contributed by atoms with van der Waals surface area (Å²) in [6.07, 6.45) is 6.16. The van der Waals surface area contributed by atoms with Gasteiger partial charge in [0.05, 0.1) is 6.04 Å². The lowest BCUT2D eigenvalue weighted by molar-refractivity contribution is -0.130. The van der Waals surface area contributed by atoms with E-state index in [-0.39, 0.29) is 18.2 Å². The van der Waals surface area contributed by atoms with Crippen LogP contribution in [0.2, 0.25) is 10.0 Å². The van der Waals surface area contributed by atoms with Gasteiger partial charge in [-0.15, -0.1) is 6.42 Å². The van der Waals surface area contributed by atoms with Crippen molar-refractivity contribution in [3.63, 3.8) is 0 Å². The molecule has 4 N–H and O–H groups in total. The van der Waals surface area contributed by atoms with Crippen molar-refractivity contribution in [1.29, 1.82) is 0 Å². The summed E-state index contributed by atoms with van der Waals surface area (Å²) in [6.45, 7) is 0. The zero-order valence-corrected chi connectivity index (χ0v) is 23.7. The number of rotatable bonds is 4. The summed E-state index contributed by atoms with van der Waals surface area (Å²) in [5.74, 6) is 2.51. The van der Waals surface area contributed by atoms with Crippen molar-refractivity contribution >= 4 is 46.6 Å². The predicted octanol–water partition coefficient (Wildman–Crippen LogP) is 6.39. The van der Waals surface area contributed by atoms with Gasteiger partial charge >= 0.3 is 0 Å². The zero-order valence-electron chi connectivity index (χ0n) is 22.2. The first kappa shape index (κ1) is 28.7. The number of anilines is 1. The molecule has 1 fully saturated rings. The second-order valence-corrected chi connectivity index (χ2v) is 10.7. The number of halogens is 2. The van der Waals surface area contributed by atoms with Gasteiger partial charge < -0.3 is 21.1 Å². The lowest BCUT2D eigenvalue weighted by atomic mass is 9.67. The second-order valence-electron chi connectivity index (χ2n) is 9.80. The molecule has 4 aromatic carbocycles. The molecule has 0 aliphatic carbocycles. The molecular weight excluding hydrogens is 573 g/mol. The van der Waals surface area contributed by atoms with Gasteiger partial charge in [0.15, 0.2) is 0 Å². The van der Waals surface area contributed by atoms with Gasteiger partial charge in [-0.25, -0.2) is 0 Å². The van der Waals surface area contributed by atoms with E-state index in [1.54, 1.807) is 54.6 Å². The highest BCUT2D eigenvalue weighted by molar-refractivity contribution is 6.31. The van der Waals surface area contributed by atoms with Gasteiger partial charge in [0.2, 0.25) is 17.7 Å². The van der Waals surface area contributed by atoms with E-state index in [1.165, 1.54) is 0 Å². The Labute approximate surface area is 253 Å². The minimum Gasteiger partial charge on any atom is -0.457 e. The van der Waals surface area contributed by atoms with E-state index < -0.39 is 17.4 Å². The summed E-state index contributed by atoms with van der Waals surface area (Å²) in [5.41, 5.74) is 7.09. The molecule has 2 aliphatic rings. The van der Waals surface area contributed by atoms with Crippen molar-refractivity contribution in [2.45, 2.75) is 24.3 Å². The maximum absolute atomic E-state index is 13.5. The van der Waals surface area contributed by atoms with Gasteiger partial charge in [0, 0.05) is 38.8 Å². The first-order chi connectivity index (χ1) is 20.2. The van der Waals surface area contributed by atoms with Gasteiger partial charge in [0.25, 0.3) is 0 Å². The van der Waals surface area contributed by atoms with Crippen molar-refractivity contribution < 1.29 is 19.1 Å². The number of amides is 3. The van der Waals surface area contributed by atoms with Crippen LogP contribution >= 0.6 is 23.2 Å². The Morgan fingerprint density at radius 3 is 2.33 bits per heavy atom. The van der Waals surface area contributed by atoms with Gasteiger partial charge in [-0.2, -0.15) is 0 Å². The number of terminal acetylenes is 1. The fourth-order valence-corrected chi connectivity index (χ4v) is 5.56. The molecule has 1 saturated heterocycles. The summed E-state index contributed by atoms with van der Waals surface area (Å²) in [6, 6.07) is 25.5. The minimum absolute atomic E-state index is 0.182. The lowest BCUT2D eigenvalue weighted by Gasteiger charge is -2.40. The molecule has 2 atom stereocenters. The average molecular weight is 598 g/mol. The number of nitrogens with two attached hydrogens (primary N) is 1. The summed E-state index contributed by atoms with van der Waals surface area (Å²) in [4.78, 5) is 37.5. The van der Waals surface area contributed by atoms with E-state index >= 15 is 0 Å². The highest BCUT2D eigenvalue weighted by Crippen LogP contribution is 2.53. The van der Waals surface area contributed by atoms with Crippen LogP contribution in [0.15, 0.2) is 91.0 Å². The van der Waals surface area contributed by atoms with Gasteiger partial charge in [-0.3, -0.25) is 14.4 Å². The van der Waals surface area contributed by atoms with Crippen LogP contribution in [0, 0.1) is 12.3 Å². The molecule has 0 radical (unpaired) electrons. The molecule has 210 valence electrons. The molecule has 3 amide bonds. The van der Waals surface area contributed by atoms with Crippen molar-refractivity contribution in [2.75, 3.05) is 5.32 Å². The largest absolute Gasteiger partial charge is 0.457 e. The number of carbonyl (C=O) groups is 3. The Morgan fingerprint density at radius 1 is 0.952 bits per heavy atom. The highest BCUT2D eigenvalue weighted by Gasteiger charge is 2.56. The summed E-state index contributed by atoms with van der Waals surface area (Å²) in [7, 11) is 0. The van der Waals surface area contributed by atoms with E-state index in [9.17, 15) is 14.4 Å². The monoisotopic (exact) mass is 597 g/mol. The van der Waals surface area contributed by atoms with Crippen LogP contribution in [-0.4, -0.2) is 17.7 Å². The second kappa shape index (κ2) is 12.0. The molecule has 0 aromatic heterocycles. The number of primary amides is 1. The van der Waals surface area contributed by atoms with E-state index in [1.807, 2.05) is 36.4 Å². The molecule has 7 nitrogen and oxygen atoms in total. The van der Waals surface area contributed by atoms with Crippen molar-refractivity contribution in [3.05, 3.63) is 123 Å². The molecule has 6 rings (SSSR count). The maximum atomic E-state index is 13.5. The molecule has 1 unspecified atom stereocenters. The number of hydrogen-bond acceptors (Lipinski definition) is 4. The molecule has 9 heteroatoms. The molecule has 42 heavy (non-hydrogen) atoms. The van der Waals surface area contributed by atoms with Gasteiger partial charge in [-0.05, 0) is 78.7 Å². The molecular formula is C33H25Cl2N3O4. The smallest absolute Gasteiger partial charge is 0.248 e. The van der Waals surface area contributed by atoms with E-state index in [4.69, 9.17) is 40.1 Å². The summed E-state index contributed by atoms with van der Waals surface area (Å²) < 4.78 is 6.15. The molecule has 2 heterocycles. The number of fused-ring (bicyclic) bond motifs is 2. The molecule has 1 spiro atoms. The predicted molar refractivity (Wildman–Crippen MR) is 163 cm³/mol. The molecule has 2 aliphatic heterocycles. The third kappa shape index (κ3) is 5.68. The van der Waals surface area contributed by atoms with E-state index in [0.717, 1.165) is 10.6 Å². The number of carbonyl (C=O) groups excluding carboxylic acids is 3. The van der Waals surface area contributed by atoms with E-state index in [2.05, 4.69) is 16.6 Å². The average Bonchev–Trinajstić information content (AvgIpc) is 3.25. The summed E-state index contributed by atoms with van der Waals surface area (Å²) >= 11 is 11.7. The fraction of sp³-hybridized carbons (Fsp3) is 0.121. The Kier molecular flexibility index (Phi) is 8.21. The molecule has 0 saturated carbocycles. The zero-order chi connectivity index (χ0) is 29.9. The lowest BCUT2D eigenvalue weighted by Crippen LogP contribution is -2.52. The topological polar surface area (TPSA) is 111 Å². The normalized spacial score (nSPS) is 18.5. The Hall–Kier alpha value is -4.77. The van der Waals surface area contributed by atoms with Crippen LogP contribution < -0.4 is 21.1 Å². The standard InChI is InChI=1S/C27H20ClN3O4.C6H5Cl/c1-2-15-3-10-22(35-18-7-4-16(5-8-18)25(29)33)19(13-15)24-27(12-11-23(32)31-24)20-9-6-17(28)14-21(20)30-26(27)34;7-6-4-2-1-3-5-6/h1,3-10,13-14,24H,11-12H2,(H2,29,33)(H,30,34)(H,31,32);1-5H/t24-,27?;/m1./s1. The highest BCUT2D eigenvalue weighted by atomic mass is 35.5. The number of benzene rings is 4. The van der Waals surface area contributed by atoms with Crippen LogP contribution in [0.3, 0.4) is 0 Å². The fourth-order valence-electron chi connectivity index (χ4n) is 5.24. The number of hydrogen-bond donors (Lipinski definition) is 3. The Balaban J connectivity index is 0.000000442. The van der Waals surface area contributed by atoms with Gasteiger partial charge in [0.1, 0.15) is 16.9 Å². The van der Waals surface area contributed by atoms with Crippen LogP contribution in [-0.2, 0) is 15.0 Å².